The SMILES string of the molecule is CC(C)C(NCc1ncnn1C)C(N)=O. The van der Waals surface area contributed by atoms with Crippen molar-refractivity contribution in [3.63, 3.8) is 0 Å². The summed E-state index contributed by atoms with van der Waals surface area (Å²) in [5.74, 6) is 0.602. The maximum atomic E-state index is 11.1. The van der Waals surface area contributed by atoms with Crippen LogP contribution in [0.4, 0.5) is 0 Å². The molecule has 1 amide bonds. The highest BCUT2D eigenvalue weighted by molar-refractivity contribution is 5.80. The van der Waals surface area contributed by atoms with E-state index < -0.39 is 0 Å². The molecule has 0 spiro atoms. The second-order valence-electron chi connectivity index (χ2n) is 3.80. The third-order valence-electron chi connectivity index (χ3n) is 2.26. The molecule has 0 saturated heterocycles. The first kappa shape index (κ1) is 11.6. The van der Waals surface area contributed by atoms with E-state index in [2.05, 4.69) is 15.4 Å². The quantitative estimate of drug-likeness (QED) is 0.682. The lowest BCUT2D eigenvalue weighted by molar-refractivity contribution is -0.121. The molecule has 1 aromatic rings. The highest BCUT2D eigenvalue weighted by Crippen LogP contribution is 2.02. The first-order chi connectivity index (χ1) is 7.02. The Morgan fingerprint density at radius 3 is 2.73 bits per heavy atom. The Morgan fingerprint density at radius 1 is 1.67 bits per heavy atom. The number of aromatic nitrogens is 3. The van der Waals surface area contributed by atoms with Crippen molar-refractivity contribution in [2.75, 3.05) is 0 Å². The fourth-order valence-electron chi connectivity index (χ4n) is 1.35. The number of hydrogen-bond acceptors (Lipinski definition) is 4. The normalized spacial score (nSPS) is 13.1. The number of hydrogen-bond donors (Lipinski definition) is 2. The number of nitrogens with zero attached hydrogens (tertiary/aromatic N) is 3. The summed E-state index contributed by atoms with van der Waals surface area (Å²) in [6, 6.07) is -0.332. The van der Waals surface area contributed by atoms with Crippen LogP contribution in [0.1, 0.15) is 19.7 Å². The van der Waals surface area contributed by atoms with Crippen molar-refractivity contribution in [2.24, 2.45) is 18.7 Å². The fraction of sp³-hybridized carbons (Fsp3) is 0.667. The summed E-state index contributed by atoms with van der Waals surface area (Å²) in [6.07, 6.45) is 1.48. The predicted molar refractivity (Wildman–Crippen MR) is 55.7 cm³/mol. The Balaban J connectivity index is 2.55. The summed E-state index contributed by atoms with van der Waals surface area (Å²) in [5.41, 5.74) is 5.27. The first-order valence-corrected chi connectivity index (χ1v) is 4.88. The van der Waals surface area contributed by atoms with Crippen LogP contribution in [0.5, 0.6) is 0 Å². The Bertz CT molecular complexity index is 333. The highest BCUT2D eigenvalue weighted by atomic mass is 16.1. The number of rotatable bonds is 5. The molecule has 1 unspecified atom stereocenters. The maximum Gasteiger partial charge on any atom is 0.234 e. The number of aryl methyl sites for hydroxylation is 1. The second kappa shape index (κ2) is 4.88. The molecule has 0 aromatic carbocycles. The molecule has 1 aromatic heterocycles. The molecule has 0 radical (unpaired) electrons. The zero-order valence-corrected chi connectivity index (χ0v) is 9.27. The number of nitrogens with one attached hydrogen (secondary N) is 1. The van der Waals surface area contributed by atoms with E-state index in [1.165, 1.54) is 6.33 Å². The van der Waals surface area contributed by atoms with Crippen molar-refractivity contribution in [1.82, 2.24) is 20.1 Å². The van der Waals surface area contributed by atoms with Gasteiger partial charge in [-0.05, 0) is 5.92 Å². The summed E-state index contributed by atoms with van der Waals surface area (Å²) in [6.45, 7) is 4.38. The topological polar surface area (TPSA) is 85.8 Å². The van der Waals surface area contributed by atoms with Crippen molar-refractivity contribution in [3.8, 4) is 0 Å². The monoisotopic (exact) mass is 211 g/mol. The van der Waals surface area contributed by atoms with Gasteiger partial charge in [-0.15, -0.1) is 0 Å². The summed E-state index contributed by atoms with van der Waals surface area (Å²) < 4.78 is 1.66. The molecule has 6 nitrogen and oxygen atoms in total. The summed E-state index contributed by atoms with van der Waals surface area (Å²) in [5, 5.41) is 7.00. The van der Waals surface area contributed by atoms with Crippen molar-refractivity contribution >= 4 is 5.91 Å². The minimum Gasteiger partial charge on any atom is -0.368 e. The molecule has 0 aliphatic rings. The smallest absolute Gasteiger partial charge is 0.234 e. The van der Waals surface area contributed by atoms with Gasteiger partial charge in [-0.1, -0.05) is 13.8 Å². The molecule has 15 heavy (non-hydrogen) atoms. The van der Waals surface area contributed by atoms with E-state index in [1.807, 2.05) is 13.8 Å². The maximum absolute atomic E-state index is 11.1. The largest absolute Gasteiger partial charge is 0.368 e. The van der Waals surface area contributed by atoms with Crippen LogP contribution in [0, 0.1) is 5.92 Å². The molecule has 0 bridgehead atoms. The van der Waals surface area contributed by atoms with Crippen LogP contribution in [-0.2, 0) is 18.4 Å². The van der Waals surface area contributed by atoms with Crippen LogP contribution in [-0.4, -0.2) is 26.7 Å². The second-order valence-corrected chi connectivity index (χ2v) is 3.80. The molecule has 3 N–H and O–H groups in total. The summed E-state index contributed by atoms with van der Waals surface area (Å²) in [7, 11) is 1.80. The Kier molecular flexibility index (Phi) is 3.79. The van der Waals surface area contributed by atoms with Gasteiger partial charge in [0.15, 0.2) is 0 Å². The van der Waals surface area contributed by atoms with E-state index in [4.69, 9.17) is 5.73 Å². The van der Waals surface area contributed by atoms with Gasteiger partial charge in [-0.3, -0.25) is 14.8 Å². The predicted octanol–water partition coefficient (Wildman–Crippen LogP) is -0.585. The molecular weight excluding hydrogens is 194 g/mol. The zero-order chi connectivity index (χ0) is 11.4. The van der Waals surface area contributed by atoms with Gasteiger partial charge in [0.1, 0.15) is 12.2 Å². The molecule has 6 heteroatoms. The van der Waals surface area contributed by atoms with Gasteiger partial charge in [0.25, 0.3) is 0 Å². The molecular formula is C9H17N5O. The van der Waals surface area contributed by atoms with Gasteiger partial charge in [-0.25, -0.2) is 4.98 Å². The van der Waals surface area contributed by atoms with Crippen LogP contribution >= 0.6 is 0 Å². The third-order valence-corrected chi connectivity index (χ3v) is 2.26. The van der Waals surface area contributed by atoms with Crippen LogP contribution in [0.15, 0.2) is 6.33 Å². The molecule has 1 heterocycles. The lowest BCUT2D eigenvalue weighted by Gasteiger charge is -2.18. The van der Waals surface area contributed by atoms with Crippen LogP contribution in [0.2, 0.25) is 0 Å². The van der Waals surface area contributed by atoms with Crippen molar-refractivity contribution in [2.45, 2.75) is 26.4 Å². The van der Waals surface area contributed by atoms with Gasteiger partial charge in [0, 0.05) is 7.05 Å². The van der Waals surface area contributed by atoms with Crippen molar-refractivity contribution < 1.29 is 4.79 Å². The first-order valence-electron chi connectivity index (χ1n) is 4.88. The van der Waals surface area contributed by atoms with Crippen LogP contribution in [0.25, 0.3) is 0 Å². The molecule has 84 valence electrons. The molecule has 0 fully saturated rings. The van der Waals surface area contributed by atoms with Crippen molar-refractivity contribution in [1.29, 1.82) is 0 Å². The van der Waals surface area contributed by atoms with Gasteiger partial charge >= 0.3 is 0 Å². The molecule has 0 aliphatic carbocycles. The molecule has 0 aliphatic heterocycles. The van der Waals surface area contributed by atoms with Gasteiger partial charge in [0.05, 0.1) is 12.6 Å². The van der Waals surface area contributed by atoms with E-state index in [1.54, 1.807) is 11.7 Å². The Labute approximate surface area is 88.9 Å². The zero-order valence-electron chi connectivity index (χ0n) is 9.27. The van der Waals surface area contributed by atoms with E-state index in [9.17, 15) is 4.79 Å². The third kappa shape index (κ3) is 3.02. The number of nitrogens with two attached hydrogens (primary N) is 1. The van der Waals surface area contributed by atoms with E-state index in [0.717, 1.165) is 5.82 Å². The average Bonchev–Trinajstić information content (AvgIpc) is 2.51. The van der Waals surface area contributed by atoms with E-state index in [0.29, 0.717) is 6.54 Å². The molecule has 1 atom stereocenters. The number of amides is 1. The molecule has 1 rings (SSSR count). The minimum atomic E-state index is -0.341. The fourth-order valence-corrected chi connectivity index (χ4v) is 1.35. The average molecular weight is 211 g/mol. The van der Waals surface area contributed by atoms with Crippen LogP contribution in [0.3, 0.4) is 0 Å². The number of carbonyl (C=O) groups excluding carboxylic acids is 1. The lowest BCUT2D eigenvalue weighted by atomic mass is 10.0. The van der Waals surface area contributed by atoms with Crippen molar-refractivity contribution in [3.05, 3.63) is 12.2 Å². The minimum absolute atomic E-state index is 0.163. The standard InChI is InChI=1S/C9H17N5O/c1-6(2)8(9(10)15)11-4-7-12-5-13-14(7)3/h5-6,8,11H,4H2,1-3H3,(H2,10,15). The van der Waals surface area contributed by atoms with Gasteiger partial charge in [0.2, 0.25) is 5.91 Å². The number of primary amides is 1. The van der Waals surface area contributed by atoms with Crippen LogP contribution < -0.4 is 11.1 Å². The highest BCUT2D eigenvalue weighted by Gasteiger charge is 2.19. The van der Waals surface area contributed by atoms with E-state index >= 15 is 0 Å². The lowest BCUT2D eigenvalue weighted by Crippen LogP contribution is -2.44. The van der Waals surface area contributed by atoms with E-state index in [-0.39, 0.29) is 17.9 Å². The Morgan fingerprint density at radius 2 is 2.33 bits per heavy atom. The number of carbonyl (C=O) groups is 1. The van der Waals surface area contributed by atoms with Gasteiger partial charge < -0.3 is 5.73 Å². The van der Waals surface area contributed by atoms with Gasteiger partial charge in [-0.2, -0.15) is 5.10 Å². The Hall–Kier alpha value is -1.43. The summed E-state index contributed by atoms with van der Waals surface area (Å²) >= 11 is 0. The molecule has 0 saturated carbocycles. The summed E-state index contributed by atoms with van der Waals surface area (Å²) in [4.78, 5) is 15.1.